The summed E-state index contributed by atoms with van der Waals surface area (Å²) < 4.78 is 49.0. The number of unbranched alkanes of at least 4 members (excludes halogenated alkanes) is 7. The van der Waals surface area contributed by atoms with Crippen molar-refractivity contribution in [2.75, 3.05) is 6.61 Å². The fraction of sp³-hybridized carbons (Fsp3) is 0.355. The predicted octanol–water partition coefficient (Wildman–Crippen LogP) is 8.33. The number of hydrogen-bond acceptors (Lipinski definition) is 3. The molecule has 0 spiro atoms. The van der Waals surface area contributed by atoms with Crippen LogP contribution in [0.2, 0.25) is 0 Å². The summed E-state index contributed by atoms with van der Waals surface area (Å²) in [5, 5.41) is 0. The Morgan fingerprint density at radius 3 is 2.23 bits per heavy atom. The van der Waals surface area contributed by atoms with Crippen molar-refractivity contribution >= 4 is 16.9 Å². The number of halogens is 3. The summed E-state index contributed by atoms with van der Waals surface area (Å²) in [6.45, 7) is 2.72. The molecule has 4 rings (SSSR count). The zero-order chi connectivity index (χ0) is 27.8. The topological polar surface area (TPSA) is 70.1 Å². The number of nitrogens with two attached hydrogens (primary N) is 1. The summed E-state index contributed by atoms with van der Waals surface area (Å²) in [6, 6.07) is 18.2. The summed E-state index contributed by atoms with van der Waals surface area (Å²) in [7, 11) is 0. The number of hydrogen-bond donors (Lipinski definition) is 1. The molecule has 0 aliphatic heterocycles. The minimum atomic E-state index is -4.66. The van der Waals surface area contributed by atoms with E-state index in [0.717, 1.165) is 17.4 Å². The van der Waals surface area contributed by atoms with Gasteiger partial charge in [-0.25, -0.2) is 4.98 Å². The van der Waals surface area contributed by atoms with Crippen molar-refractivity contribution in [1.82, 2.24) is 9.55 Å². The smallest absolute Gasteiger partial charge is 0.450 e. The van der Waals surface area contributed by atoms with Crippen LogP contribution in [0.25, 0.3) is 27.8 Å². The Labute approximate surface area is 226 Å². The minimum Gasteiger partial charge on any atom is -0.494 e. The molecule has 39 heavy (non-hydrogen) atoms. The fourth-order valence-electron chi connectivity index (χ4n) is 4.77. The van der Waals surface area contributed by atoms with Crippen molar-refractivity contribution in [3.05, 3.63) is 78.1 Å². The van der Waals surface area contributed by atoms with E-state index in [0.29, 0.717) is 40.3 Å². The summed E-state index contributed by atoms with van der Waals surface area (Å²) >= 11 is 0. The maximum Gasteiger partial charge on any atom is 0.450 e. The molecule has 206 valence electrons. The largest absolute Gasteiger partial charge is 0.494 e. The normalized spacial score (nSPS) is 11.7. The van der Waals surface area contributed by atoms with E-state index in [9.17, 15) is 18.0 Å². The number of alkyl halides is 3. The SMILES string of the molecule is CCCCCCCCCCOc1ccc2c(c1)nc(C(F)(F)F)n2-c1ccc(-c2ccccc2C(N)=O)cc1. The first-order valence-corrected chi connectivity index (χ1v) is 13.5. The molecule has 0 saturated heterocycles. The average Bonchev–Trinajstić information content (AvgIpc) is 3.32. The number of ether oxygens (including phenoxy) is 1. The van der Waals surface area contributed by atoms with Gasteiger partial charge in [0.05, 0.1) is 17.6 Å². The van der Waals surface area contributed by atoms with Gasteiger partial charge >= 0.3 is 6.18 Å². The molecule has 4 aromatic rings. The van der Waals surface area contributed by atoms with Crippen molar-refractivity contribution in [2.45, 2.75) is 64.5 Å². The molecule has 2 N–H and O–H groups in total. The Morgan fingerprint density at radius 2 is 1.56 bits per heavy atom. The Morgan fingerprint density at radius 1 is 0.897 bits per heavy atom. The number of benzene rings is 3. The van der Waals surface area contributed by atoms with Gasteiger partial charge in [-0.15, -0.1) is 0 Å². The number of carbonyl (C=O) groups excluding carboxylic acids is 1. The molecule has 0 fully saturated rings. The highest BCUT2D eigenvalue weighted by molar-refractivity contribution is 5.99. The van der Waals surface area contributed by atoms with Gasteiger partial charge in [-0.1, -0.05) is 82.2 Å². The minimum absolute atomic E-state index is 0.207. The van der Waals surface area contributed by atoms with Gasteiger partial charge in [0.15, 0.2) is 0 Å². The molecule has 0 bridgehead atoms. The quantitative estimate of drug-likeness (QED) is 0.174. The lowest BCUT2D eigenvalue weighted by Crippen LogP contribution is -2.14. The number of rotatable bonds is 13. The Kier molecular flexibility index (Phi) is 9.28. The second-order valence-electron chi connectivity index (χ2n) is 9.70. The molecule has 0 unspecified atom stereocenters. The molecule has 0 atom stereocenters. The highest BCUT2D eigenvalue weighted by Crippen LogP contribution is 2.35. The van der Waals surface area contributed by atoms with Crippen molar-refractivity contribution in [3.8, 4) is 22.6 Å². The van der Waals surface area contributed by atoms with Crippen LogP contribution in [-0.4, -0.2) is 22.1 Å². The third kappa shape index (κ3) is 6.99. The van der Waals surface area contributed by atoms with E-state index in [2.05, 4.69) is 11.9 Å². The molecule has 5 nitrogen and oxygen atoms in total. The van der Waals surface area contributed by atoms with Crippen LogP contribution in [0.4, 0.5) is 13.2 Å². The number of imidazole rings is 1. The summed E-state index contributed by atoms with van der Waals surface area (Å²) in [5.74, 6) is -1.08. The molecule has 0 aliphatic rings. The van der Waals surface area contributed by atoms with Gasteiger partial charge in [-0.3, -0.25) is 9.36 Å². The molecule has 0 saturated carbocycles. The van der Waals surface area contributed by atoms with Crippen molar-refractivity contribution in [2.24, 2.45) is 5.73 Å². The zero-order valence-corrected chi connectivity index (χ0v) is 22.1. The van der Waals surface area contributed by atoms with Crippen LogP contribution in [-0.2, 0) is 6.18 Å². The van der Waals surface area contributed by atoms with Crippen LogP contribution in [0.3, 0.4) is 0 Å². The molecule has 0 aliphatic carbocycles. The second-order valence-corrected chi connectivity index (χ2v) is 9.70. The number of amides is 1. The highest BCUT2D eigenvalue weighted by atomic mass is 19.4. The number of fused-ring (bicyclic) bond motifs is 1. The van der Waals surface area contributed by atoms with E-state index in [1.165, 1.54) is 38.5 Å². The first-order chi connectivity index (χ1) is 18.8. The van der Waals surface area contributed by atoms with Crippen LogP contribution in [0.15, 0.2) is 66.7 Å². The standard InChI is InChI=1S/C31H34F3N3O2/c1-2-3-4-5-6-7-8-11-20-39-24-18-19-28-27(21-24)36-30(31(32,33)34)37(28)23-16-14-22(15-17-23)25-12-9-10-13-26(25)29(35)38/h9-10,12-19,21H,2-8,11,20H2,1H3,(H2,35,38). The van der Waals surface area contributed by atoms with E-state index in [1.54, 1.807) is 66.7 Å². The third-order valence-electron chi connectivity index (χ3n) is 6.78. The van der Waals surface area contributed by atoms with Gasteiger partial charge in [0, 0.05) is 17.3 Å². The lowest BCUT2D eigenvalue weighted by atomic mass is 9.99. The molecule has 8 heteroatoms. The molecule has 0 radical (unpaired) electrons. The van der Waals surface area contributed by atoms with Gasteiger partial charge in [0.2, 0.25) is 11.7 Å². The first kappa shape index (κ1) is 28.2. The molecular formula is C31H34F3N3O2. The maximum atomic E-state index is 14.0. The zero-order valence-electron chi connectivity index (χ0n) is 22.1. The van der Waals surface area contributed by atoms with E-state index < -0.39 is 17.9 Å². The lowest BCUT2D eigenvalue weighted by Gasteiger charge is -2.13. The molecule has 1 aromatic heterocycles. The van der Waals surface area contributed by atoms with E-state index in [4.69, 9.17) is 10.5 Å². The van der Waals surface area contributed by atoms with Gasteiger partial charge < -0.3 is 10.5 Å². The number of aromatic nitrogens is 2. The van der Waals surface area contributed by atoms with Crippen LogP contribution in [0.5, 0.6) is 5.75 Å². The Bertz CT molecular complexity index is 1390. The Balaban J connectivity index is 1.51. The molecular weight excluding hydrogens is 503 g/mol. The maximum absolute atomic E-state index is 14.0. The van der Waals surface area contributed by atoms with Gasteiger partial charge in [-0.2, -0.15) is 13.2 Å². The molecule has 1 heterocycles. The van der Waals surface area contributed by atoms with Crippen LogP contribution in [0.1, 0.15) is 74.5 Å². The predicted molar refractivity (Wildman–Crippen MR) is 148 cm³/mol. The third-order valence-corrected chi connectivity index (χ3v) is 6.78. The lowest BCUT2D eigenvalue weighted by molar-refractivity contribution is -0.145. The highest BCUT2D eigenvalue weighted by Gasteiger charge is 2.38. The number of primary amides is 1. The molecule has 1 amide bonds. The summed E-state index contributed by atoms with van der Waals surface area (Å²) in [6.07, 6.45) is 4.77. The van der Waals surface area contributed by atoms with E-state index >= 15 is 0 Å². The van der Waals surface area contributed by atoms with Gasteiger partial charge in [-0.05, 0) is 47.9 Å². The van der Waals surface area contributed by atoms with Crippen molar-refractivity contribution in [3.63, 3.8) is 0 Å². The van der Waals surface area contributed by atoms with Crippen molar-refractivity contribution < 1.29 is 22.7 Å². The number of carbonyl (C=O) groups is 1. The first-order valence-electron chi connectivity index (χ1n) is 13.5. The van der Waals surface area contributed by atoms with Crippen LogP contribution in [0, 0.1) is 0 Å². The van der Waals surface area contributed by atoms with Crippen molar-refractivity contribution in [1.29, 1.82) is 0 Å². The Hall–Kier alpha value is -3.81. The fourth-order valence-corrected chi connectivity index (χ4v) is 4.77. The second kappa shape index (κ2) is 12.8. The van der Waals surface area contributed by atoms with E-state index in [1.807, 2.05) is 0 Å². The van der Waals surface area contributed by atoms with E-state index in [-0.39, 0.29) is 5.52 Å². The van der Waals surface area contributed by atoms with Crippen LogP contribution >= 0.6 is 0 Å². The number of nitrogens with zero attached hydrogens (tertiary/aromatic N) is 2. The average molecular weight is 538 g/mol. The summed E-state index contributed by atoms with van der Waals surface area (Å²) in [5.41, 5.74) is 7.95. The molecule has 3 aromatic carbocycles. The monoisotopic (exact) mass is 537 g/mol. The van der Waals surface area contributed by atoms with Gasteiger partial charge in [0.1, 0.15) is 5.75 Å². The summed E-state index contributed by atoms with van der Waals surface area (Å²) in [4.78, 5) is 15.7. The van der Waals surface area contributed by atoms with Gasteiger partial charge in [0.25, 0.3) is 0 Å². The van der Waals surface area contributed by atoms with Crippen LogP contribution < -0.4 is 10.5 Å².